The molecule has 0 aliphatic heterocycles. The number of fused-ring (bicyclic) bond motifs is 1. The van der Waals surface area contributed by atoms with Crippen molar-refractivity contribution in [2.75, 3.05) is 0 Å². The number of hydrogen-bond acceptors (Lipinski definition) is 8. The van der Waals surface area contributed by atoms with Gasteiger partial charge in [0, 0.05) is 22.3 Å². The molecule has 0 spiro atoms. The molecule has 0 heterocycles. The van der Waals surface area contributed by atoms with Crippen LogP contribution in [0.2, 0.25) is 0 Å². The Morgan fingerprint density at radius 2 is 1.00 bits per heavy atom. The minimum absolute atomic E-state index is 0. The van der Waals surface area contributed by atoms with E-state index < -0.39 is 46.1 Å². The van der Waals surface area contributed by atoms with Gasteiger partial charge in [0.15, 0.2) is 0 Å². The number of carbonyl (C=O) groups is 4. The van der Waals surface area contributed by atoms with E-state index in [1.165, 1.54) is 0 Å². The molecule has 0 atom stereocenters. The van der Waals surface area contributed by atoms with Gasteiger partial charge in [-0.2, -0.15) is 0 Å². The predicted molar refractivity (Wildman–Crippen MR) is 61.3 cm³/mol. The van der Waals surface area contributed by atoms with Gasteiger partial charge in [-0.1, -0.05) is 12.1 Å². The molecule has 0 fully saturated rings. The Balaban J connectivity index is -0.00000132. The Morgan fingerprint density at radius 1 is 0.577 bits per heavy atom. The average molecular weight is 392 g/mol. The van der Waals surface area contributed by atoms with Crippen LogP contribution in [0, 0.1) is 0 Å². The summed E-state index contributed by atoms with van der Waals surface area (Å²) in [5, 5.41) is 43.6. The van der Waals surface area contributed by atoms with Crippen molar-refractivity contribution in [2.24, 2.45) is 0 Å². The summed E-state index contributed by atoms with van der Waals surface area (Å²) in [7, 11) is 0. The standard InChI is InChI=1S/C14H8O8.4Na/c15-11(16)6-2-1-5-3-8(12(17)18)9(13(19)20)4-7(5)10(6)14(21)22;;;;/h1-4H,(H,15,16)(H,17,18)(H,19,20)(H,21,22);;;;/q;4*+1/p-4. The fraction of sp³-hybridized carbons (Fsp3) is 0. The van der Waals surface area contributed by atoms with Crippen LogP contribution >= 0.6 is 0 Å². The Labute approximate surface area is 235 Å². The molecule has 0 saturated heterocycles. The van der Waals surface area contributed by atoms with Gasteiger partial charge in [-0.15, -0.1) is 0 Å². The molecule has 26 heavy (non-hydrogen) atoms. The van der Waals surface area contributed by atoms with E-state index >= 15 is 0 Å². The third-order valence-corrected chi connectivity index (χ3v) is 3.02. The first-order chi connectivity index (χ1) is 10.2. The minimum atomic E-state index is -1.88. The zero-order valence-electron chi connectivity index (χ0n) is 14.6. The van der Waals surface area contributed by atoms with Crippen LogP contribution in [0.15, 0.2) is 24.3 Å². The summed E-state index contributed by atoms with van der Waals surface area (Å²) < 4.78 is 0. The van der Waals surface area contributed by atoms with Crippen molar-refractivity contribution in [2.45, 2.75) is 0 Å². The smallest absolute Gasteiger partial charge is 0.545 e. The van der Waals surface area contributed by atoms with E-state index in [-0.39, 0.29) is 129 Å². The maximum atomic E-state index is 11.1. The van der Waals surface area contributed by atoms with E-state index in [4.69, 9.17) is 0 Å². The molecule has 12 heteroatoms. The topological polar surface area (TPSA) is 161 Å². The summed E-state index contributed by atoms with van der Waals surface area (Å²) in [4.78, 5) is 44.0. The molecule has 0 radical (unpaired) electrons. The molecule has 2 rings (SSSR count). The van der Waals surface area contributed by atoms with Crippen molar-refractivity contribution in [3.8, 4) is 0 Å². The van der Waals surface area contributed by atoms with Crippen LogP contribution in [-0.2, 0) is 0 Å². The van der Waals surface area contributed by atoms with Crippen molar-refractivity contribution in [1.82, 2.24) is 0 Å². The Morgan fingerprint density at radius 3 is 1.38 bits per heavy atom. The first kappa shape index (κ1) is 31.3. The number of benzene rings is 2. The largest absolute Gasteiger partial charge is 1.00 e. The van der Waals surface area contributed by atoms with Gasteiger partial charge in [-0.25, -0.2) is 0 Å². The van der Waals surface area contributed by atoms with Crippen LogP contribution in [0.5, 0.6) is 0 Å². The quantitative estimate of drug-likeness (QED) is 0.464. The number of carboxylic acids is 4. The second-order valence-corrected chi connectivity index (χ2v) is 4.26. The predicted octanol–water partition coefficient (Wildman–Crippen LogP) is -15.7. The van der Waals surface area contributed by atoms with Crippen molar-refractivity contribution in [1.29, 1.82) is 0 Å². The molecule has 0 saturated carbocycles. The second-order valence-electron chi connectivity index (χ2n) is 4.26. The van der Waals surface area contributed by atoms with Gasteiger partial charge in [-0.3, -0.25) is 0 Å². The zero-order valence-corrected chi connectivity index (χ0v) is 22.6. The summed E-state index contributed by atoms with van der Waals surface area (Å²) in [6.07, 6.45) is 0. The Hall–Kier alpha value is 0.580. The molecule has 0 unspecified atom stereocenters. The van der Waals surface area contributed by atoms with Crippen LogP contribution in [0.25, 0.3) is 10.8 Å². The zero-order chi connectivity index (χ0) is 16.6. The summed E-state index contributed by atoms with van der Waals surface area (Å²) in [5.74, 6) is -7.38. The molecule has 0 aliphatic carbocycles. The summed E-state index contributed by atoms with van der Waals surface area (Å²) >= 11 is 0. The van der Waals surface area contributed by atoms with Gasteiger partial charge in [0.1, 0.15) is 0 Å². The fourth-order valence-electron chi connectivity index (χ4n) is 2.10. The molecular formula is C14H4Na4O8. The third-order valence-electron chi connectivity index (χ3n) is 3.02. The second kappa shape index (κ2) is 12.9. The Kier molecular flexibility index (Phi) is 15.5. The van der Waals surface area contributed by atoms with Gasteiger partial charge in [0.2, 0.25) is 0 Å². The van der Waals surface area contributed by atoms with Crippen molar-refractivity contribution >= 4 is 34.6 Å². The van der Waals surface area contributed by atoms with Crippen molar-refractivity contribution in [3.63, 3.8) is 0 Å². The number of carboxylic acid groups (broad SMARTS) is 4. The summed E-state index contributed by atoms with van der Waals surface area (Å²) in [6.45, 7) is 0. The van der Waals surface area contributed by atoms with Crippen LogP contribution in [0.4, 0.5) is 0 Å². The number of carbonyl (C=O) groups excluding carboxylic acids is 4. The normalized spacial score (nSPS) is 8.77. The van der Waals surface area contributed by atoms with E-state index in [2.05, 4.69) is 0 Å². The van der Waals surface area contributed by atoms with Gasteiger partial charge in [-0.05, 0) is 22.9 Å². The van der Waals surface area contributed by atoms with Crippen molar-refractivity contribution in [3.05, 3.63) is 46.5 Å². The van der Waals surface area contributed by atoms with E-state index in [9.17, 15) is 39.6 Å². The van der Waals surface area contributed by atoms with Crippen LogP contribution < -0.4 is 139 Å². The summed E-state index contributed by atoms with van der Waals surface area (Å²) in [5.41, 5.74) is -3.11. The number of aromatic carboxylic acids is 4. The molecule has 0 aromatic heterocycles. The third kappa shape index (κ3) is 6.58. The molecule has 0 bridgehead atoms. The van der Waals surface area contributed by atoms with Crippen LogP contribution in [0.3, 0.4) is 0 Å². The van der Waals surface area contributed by atoms with Gasteiger partial charge in [0.05, 0.1) is 23.9 Å². The maximum Gasteiger partial charge on any atom is 1.00 e. The van der Waals surface area contributed by atoms with E-state index in [0.717, 1.165) is 18.2 Å². The van der Waals surface area contributed by atoms with Crippen LogP contribution in [0.1, 0.15) is 41.4 Å². The first-order valence-electron chi connectivity index (χ1n) is 5.70. The van der Waals surface area contributed by atoms with E-state index in [1.54, 1.807) is 0 Å². The molecule has 2 aromatic rings. The molecule has 2 aromatic carbocycles. The first-order valence-corrected chi connectivity index (χ1v) is 5.70. The molecule has 0 N–H and O–H groups in total. The van der Waals surface area contributed by atoms with Gasteiger partial charge in [0.25, 0.3) is 0 Å². The monoisotopic (exact) mass is 392 g/mol. The van der Waals surface area contributed by atoms with E-state index in [0.29, 0.717) is 6.07 Å². The number of rotatable bonds is 4. The fourth-order valence-corrected chi connectivity index (χ4v) is 2.10. The number of hydrogen-bond donors (Lipinski definition) is 0. The molecule has 0 amide bonds. The molecule has 0 aliphatic rings. The Bertz CT molecular complexity index is 854. The van der Waals surface area contributed by atoms with Crippen molar-refractivity contribution < 1.29 is 158 Å². The average Bonchev–Trinajstić information content (AvgIpc) is 2.43. The van der Waals surface area contributed by atoms with E-state index in [1.807, 2.05) is 0 Å². The molecular weight excluding hydrogens is 388 g/mol. The minimum Gasteiger partial charge on any atom is -0.545 e. The molecule has 8 nitrogen and oxygen atoms in total. The summed E-state index contributed by atoms with van der Waals surface area (Å²) in [6, 6.07) is 3.54. The molecule has 112 valence electrons. The van der Waals surface area contributed by atoms with Gasteiger partial charge >= 0.3 is 118 Å². The SMILES string of the molecule is O=C([O-])c1cc2ccc(C(=O)[O-])c(C(=O)[O-])c2cc1C(=O)[O-].[Na+].[Na+].[Na+].[Na+]. The van der Waals surface area contributed by atoms with Gasteiger partial charge < -0.3 is 39.6 Å². The van der Waals surface area contributed by atoms with Crippen LogP contribution in [-0.4, -0.2) is 23.9 Å². The maximum absolute atomic E-state index is 11.1.